The summed E-state index contributed by atoms with van der Waals surface area (Å²) in [7, 11) is 0. The molecular formula is C27H36ClN3O3. The number of H-pyrrole nitrogens is 1. The SMILES string of the molecule is CCOC(=O)N1CCc2c([nH]c3ccc(Cl)cc23)C1c1ccc(OCCCCNC(C)C)cc1.[HH]. The van der Waals surface area contributed by atoms with Gasteiger partial charge in [-0.2, -0.15) is 0 Å². The molecule has 1 amide bonds. The summed E-state index contributed by atoms with van der Waals surface area (Å²) in [5.41, 5.74) is 4.26. The lowest BCUT2D eigenvalue weighted by Gasteiger charge is -2.35. The van der Waals surface area contributed by atoms with Crippen LogP contribution < -0.4 is 10.1 Å². The first-order valence-corrected chi connectivity index (χ1v) is 12.5. The van der Waals surface area contributed by atoms with Crippen LogP contribution in [0.3, 0.4) is 0 Å². The third-order valence-corrected chi connectivity index (χ3v) is 6.41. The lowest BCUT2D eigenvalue weighted by molar-refractivity contribution is 0.0932. The average molecular weight is 486 g/mol. The van der Waals surface area contributed by atoms with E-state index in [2.05, 4.69) is 24.1 Å². The van der Waals surface area contributed by atoms with Gasteiger partial charge in [0.25, 0.3) is 0 Å². The number of hydrogen-bond donors (Lipinski definition) is 2. The Labute approximate surface area is 208 Å². The molecule has 7 heteroatoms. The van der Waals surface area contributed by atoms with Gasteiger partial charge >= 0.3 is 6.09 Å². The Morgan fingerprint density at radius 1 is 1.24 bits per heavy atom. The zero-order chi connectivity index (χ0) is 24.1. The van der Waals surface area contributed by atoms with E-state index in [1.807, 2.05) is 49.4 Å². The summed E-state index contributed by atoms with van der Waals surface area (Å²) in [4.78, 5) is 18.2. The highest BCUT2D eigenvalue weighted by Gasteiger charge is 2.35. The van der Waals surface area contributed by atoms with Gasteiger partial charge in [0.05, 0.1) is 13.2 Å². The summed E-state index contributed by atoms with van der Waals surface area (Å²) in [6.45, 7) is 8.75. The monoisotopic (exact) mass is 485 g/mol. The summed E-state index contributed by atoms with van der Waals surface area (Å²) >= 11 is 6.28. The molecule has 1 unspecified atom stereocenters. The molecule has 1 aromatic heterocycles. The first kappa shape index (κ1) is 24.4. The second-order valence-electron chi connectivity index (χ2n) is 8.99. The van der Waals surface area contributed by atoms with Crippen LogP contribution in [0.5, 0.6) is 5.75 Å². The highest BCUT2D eigenvalue weighted by Crippen LogP contribution is 2.39. The number of amides is 1. The van der Waals surface area contributed by atoms with Crippen LogP contribution in [-0.4, -0.2) is 48.3 Å². The predicted molar refractivity (Wildman–Crippen MR) is 139 cm³/mol. The van der Waals surface area contributed by atoms with Crippen LogP contribution in [0, 0.1) is 0 Å². The smallest absolute Gasteiger partial charge is 0.410 e. The number of rotatable bonds is 9. The second kappa shape index (κ2) is 11.2. The van der Waals surface area contributed by atoms with Crippen LogP contribution in [0.4, 0.5) is 4.79 Å². The van der Waals surface area contributed by atoms with Gasteiger partial charge in [0.15, 0.2) is 0 Å². The second-order valence-corrected chi connectivity index (χ2v) is 9.42. The Kier molecular flexibility index (Phi) is 8.01. The number of nitrogens with zero attached hydrogens (tertiary/aromatic N) is 1. The van der Waals surface area contributed by atoms with Crippen molar-refractivity contribution in [1.82, 2.24) is 15.2 Å². The number of fused-ring (bicyclic) bond motifs is 3. The number of carbonyl (C=O) groups is 1. The van der Waals surface area contributed by atoms with Crippen LogP contribution >= 0.6 is 11.6 Å². The molecule has 184 valence electrons. The number of halogens is 1. The van der Waals surface area contributed by atoms with E-state index in [4.69, 9.17) is 21.1 Å². The van der Waals surface area contributed by atoms with Gasteiger partial charge in [-0.1, -0.05) is 37.6 Å². The van der Waals surface area contributed by atoms with E-state index in [1.165, 1.54) is 5.56 Å². The molecule has 0 spiro atoms. The van der Waals surface area contributed by atoms with Crippen molar-refractivity contribution >= 4 is 28.6 Å². The number of benzene rings is 2. The summed E-state index contributed by atoms with van der Waals surface area (Å²) in [5, 5.41) is 5.24. The zero-order valence-corrected chi connectivity index (χ0v) is 21.0. The minimum atomic E-state index is -0.301. The van der Waals surface area contributed by atoms with Crippen molar-refractivity contribution in [1.29, 1.82) is 0 Å². The summed E-state index contributed by atoms with van der Waals surface area (Å²) in [6, 6.07) is 14.2. The van der Waals surface area contributed by atoms with E-state index in [9.17, 15) is 4.79 Å². The van der Waals surface area contributed by atoms with Crippen LogP contribution in [-0.2, 0) is 11.2 Å². The van der Waals surface area contributed by atoms with Gasteiger partial charge in [0.1, 0.15) is 11.8 Å². The predicted octanol–water partition coefficient (Wildman–Crippen LogP) is 6.33. The third-order valence-electron chi connectivity index (χ3n) is 6.18. The largest absolute Gasteiger partial charge is 0.494 e. The molecule has 1 aliphatic rings. The fourth-order valence-electron chi connectivity index (χ4n) is 4.56. The molecule has 2 heterocycles. The van der Waals surface area contributed by atoms with E-state index in [1.54, 1.807) is 4.90 Å². The van der Waals surface area contributed by atoms with Gasteiger partial charge in [-0.3, -0.25) is 4.90 Å². The first-order chi connectivity index (χ1) is 16.5. The fourth-order valence-corrected chi connectivity index (χ4v) is 4.74. The Hall–Kier alpha value is -2.70. The van der Waals surface area contributed by atoms with Gasteiger partial charge in [-0.05, 0) is 74.2 Å². The number of nitrogens with one attached hydrogen (secondary N) is 2. The topological polar surface area (TPSA) is 66.6 Å². The van der Waals surface area contributed by atoms with Gasteiger partial charge in [-0.15, -0.1) is 0 Å². The lowest BCUT2D eigenvalue weighted by Crippen LogP contribution is -2.40. The molecule has 2 aromatic carbocycles. The number of unbranched alkanes of at least 4 members (excludes halogenated alkanes) is 1. The normalized spacial score (nSPS) is 15.6. The molecule has 3 aromatic rings. The molecule has 0 fully saturated rings. The standard InChI is InChI=1S/C27H34ClN3O3.H2/c1-4-33-27(32)31-15-13-22-23-17-20(28)9-12-24(23)30-25(22)26(31)19-7-10-21(11-8-19)34-16-6-5-14-29-18(2)3;/h7-12,17-18,26,29-30H,4-6,13-16H2,1-3H3;1H. The molecule has 2 N–H and O–H groups in total. The Morgan fingerprint density at radius 2 is 2.03 bits per heavy atom. The third kappa shape index (κ3) is 5.50. The highest BCUT2D eigenvalue weighted by atomic mass is 35.5. The lowest BCUT2D eigenvalue weighted by atomic mass is 9.92. The van der Waals surface area contributed by atoms with Gasteiger partial charge in [0.2, 0.25) is 0 Å². The molecule has 4 rings (SSSR count). The van der Waals surface area contributed by atoms with Crippen LogP contribution in [0.15, 0.2) is 42.5 Å². The molecule has 0 saturated heterocycles. The van der Waals surface area contributed by atoms with Crippen molar-refractivity contribution in [2.45, 2.75) is 52.1 Å². The minimum Gasteiger partial charge on any atom is -0.494 e. The number of aromatic amines is 1. The van der Waals surface area contributed by atoms with Crippen LogP contribution in [0.25, 0.3) is 10.9 Å². The van der Waals surface area contributed by atoms with Gasteiger partial charge in [0, 0.05) is 35.6 Å². The molecular weight excluding hydrogens is 450 g/mol. The molecule has 1 aliphatic heterocycles. The van der Waals surface area contributed by atoms with Crippen LogP contribution in [0.1, 0.15) is 57.9 Å². The minimum absolute atomic E-state index is 0. The fraction of sp³-hybridized carbons (Fsp3) is 0.444. The number of hydrogen-bond acceptors (Lipinski definition) is 4. The van der Waals surface area contributed by atoms with E-state index in [0.29, 0.717) is 30.8 Å². The Balaban J connectivity index is 0.00000342. The van der Waals surface area contributed by atoms with Gasteiger partial charge in [-0.25, -0.2) is 4.79 Å². The van der Waals surface area contributed by atoms with Crippen molar-refractivity contribution < 1.29 is 15.7 Å². The van der Waals surface area contributed by atoms with Crippen molar-refractivity contribution in [3.05, 3.63) is 64.3 Å². The van der Waals surface area contributed by atoms with Crippen molar-refractivity contribution in [2.75, 3.05) is 26.3 Å². The zero-order valence-electron chi connectivity index (χ0n) is 20.2. The van der Waals surface area contributed by atoms with Gasteiger partial charge < -0.3 is 19.8 Å². The maximum atomic E-state index is 12.8. The molecule has 0 aliphatic carbocycles. The summed E-state index contributed by atoms with van der Waals surface area (Å²) < 4.78 is 11.3. The van der Waals surface area contributed by atoms with E-state index >= 15 is 0 Å². The first-order valence-electron chi connectivity index (χ1n) is 12.2. The maximum Gasteiger partial charge on any atom is 0.410 e. The summed E-state index contributed by atoms with van der Waals surface area (Å²) in [6.07, 6.45) is 2.53. The maximum absolute atomic E-state index is 12.8. The molecule has 0 bridgehead atoms. The summed E-state index contributed by atoms with van der Waals surface area (Å²) in [5.74, 6) is 0.836. The van der Waals surface area contributed by atoms with Crippen LogP contribution in [0.2, 0.25) is 5.02 Å². The van der Waals surface area contributed by atoms with E-state index in [-0.39, 0.29) is 13.6 Å². The van der Waals surface area contributed by atoms with E-state index < -0.39 is 0 Å². The molecule has 0 saturated carbocycles. The quantitative estimate of drug-likeness (QED) is 0.347. The number of carbonyl (C=O) groups excluding carboxylic acids is 1. The van der Waals surface area contributed by atoms with Crippen molar-refractivity contribution in [3.8, 4) is 5.75 Å². The molecule has 34 heavy (non-hydrogen) atoms. The Morgan fingerprint density at radius 3 is 2.76 bits per heavy atom. The highest BCUT2D eigenvalue weighted by molar-refractivity contribution is 6.31. The molecule has 0 radical (unpaired) electrons. The van der Waals surface area contributed by atoms with Crippen molar-refractivity contribution in [2.24, 2.45) is 0 Å². The Bertz CT molecular complexity index is 1120. The number of aromatic nitrogens is 1. The van der Waals surface area contributed by atoms with Crippen molar-refractivity contribution in [3.63, 3.8) is 0 Å². The average Bonchev–Trinajstić information content (AvgIpc) is 3.19. The molecule has 6 nitrogen and oxygen atoms in total. The number of ether oxygens (including phenoxy) is 2. The molecule has 1 atom stereocenters. The van der Waals surface area contributed by atoms with E-state index in [0.717, 1.165) is 53.7 Å².